The molecule has 0 saturated carbocycles. The number of hydrogen-bond donors (Lipinski definition) is 2. The summed E-state index contributed by atoms with van der Waals surface area (Å²) < 4.78 is 0. The molecule has 4 rings (SSSR count). The lowest BCUT2D eigenvalue weighted by atomic mass is 9.96. The van der Waals surface area contributed by atoms with Gasteiger partial charge in [0, 0.05) is 11.3 Å². The van der Waals surface area contributed by atoms with Crippen LogP contribution >= 0.6 is 0 Å². The summed E-state index contributed by atoms with van der Waals surface area (Å²) in [7, 11) is 0. The highest BCUT2D eigenvalue weighted by Crippen LogP contribution is 2.29. The Kier molecular flexibility index (Phi) is 6.13. The second-order valence-corrected chi connectivity index (χ2v) is 7.69. The molecule has 3 N–H and O–H groups in total. The zero-order valence-electron chi connectivity index (χ0n) is 17.8. The van der Waals surface area contributed by atoms with Crippen LogP contribution in [0.15, 0.2) is 103 Å². The highest BCUT2D eigenvalue weighted by molar-refractivity contribution is 6.03. The summed E-state index contributed by atoms with van der Waals surface area (Å²) in [6.07, 6.45) is 0. The molecule has 0 fully saturated rings. The summed E-state index contributed by atoms with van der Waals surface area (Å²) in [5.41, 5.74) is 11.3. The summed E-state index contributed by atoms with van der Waals surface area (Å²) in [6.45, 7) is 1.85. The molecule has 0 aromatic heterocycles. The van der Waals surface area contributed by atoms with Crippen molar-refractivity contribution in [2.24, 2.45) is 5.73 Å². The second-order valence-electron chi connectivity index (χ2n) is 7.69. The number of nitrogens with two attached hydrogens (primary N) is 1. The number of carbonyl (C=O) groups excluding carboxylic acids is 2. The van der Waals surface area contributed by atoms with Crippen molar-refractivity contribution in [2.45, 2.75) is 12.8 Å². The van der Waals surface area contributed by atoms with Crippen molar-refractivity contribution in [3.05, 3.63) is 114 Å². The van der Waals surface area contributed by atoms with Crippen LogP contribution in [0.1, 0.15) is 28.8 Å². The van der Waals surface area contributed by atoms with Crippen LogP contribution in [0.25, 0.3) is 22.3 Å². The van der Waals surface area contributed by atoms with Crippen LogP contribution in [-0.4, -0.2) is 11.8 Å². The third-order valence-corrected chi connectivity index (χ3v) is 5.55. The minimum absolute atomic E-state index is 0.147. The fraction of sp³-hybridized carbons (Fsp3) is 0.0714. The van der Waals surface area contributed by atoms with Gasteiger partial charge in [0.05, 0.1) is 5.92 Å². The van der Waals surface area contributed by atoms with Gasteiger partial charge in [-0.25, -0.2) is 0 Å². The molecule has 1 atom stereocenters. The smallest absolute Gasteiger partial charge is 0.249 e. The molecule has 0 heterocycles. The predicted octanol–water partition coefficient (Wildman–Crippen LogP) is 5.86. The van der Waals surface area contributed by atoms with Gasteiger partial charge in [-0.1, -0.05) is 91.0 Å². The molecule has 4 heteroatoms. The number of benzene rings is 4. The van der Waals surface area contributed by atoms with Gasteiger partial charge < -0.3 is 11.1 Å². The fourth-order valence-corrected chi connectivity index (χ4v) is 3.69. The van der Waals surface area contributed by atoms with Gasteiger partial charge in [-0.05, 0) is 46.9 Å². The second kappa shape index (κ2) is 9.31. The summed E-state index contributed by atoms with van der Waals surface area (Å²) >= 11 is 0. The van der Waals surface area contributed by atoms with Gasteiger partial charge in [-0.15, -0.1) is 0 Å². The number of anilines is 1. The standard InChI is InChI=1S/C28H24N2O2/c1-19(20-8-4-2-5-9-20)28(32)30-24-16-17-25(26(18-24)27(29)31)23-14-12-22(13-15-23)21-10-6-3-7-11-21/h2-19H,1H3,(H2,29,31)(H,30,32). The Hall–Kier alpha value is -4.18. The topological polar surface area (TPSA) is 72.2 Å². The molecule has 1 unspecified atom stereocenters. The van der Waals surface area contributed by atoms with E-state index in [4.69, 9.17) is 5.73 Å². The molecular formula is C28H24N2O2. The van der Waals surface area contributed by atoms with Crippen LogP contribution in [0.3, 0.4) is 0 Å². The van der Waals surface area contributed by atoms with E-state index < -0.39 is 5.91 Å². The average Bonchev–Trinajstić information content (AvgIpc) is 2.84. The maximum Gasteiger partial charge on any atom is 0.249 e. The predicted molar refractivity (Wildman–Crippen MR) is 129 cm³/mol. The van der Waals surface area contributed by atoms with Crippen LogP contribution in [-0.2, 0) is 4.79 Å². The lowest BCUT2D eigenvalue weighted by molar-refractivity contribution is -0.117. The maximum atomic E-state index is 12.7. The van der Waals surface area contributed by atoms with E-state index in [0.717, 1.165) is 27.8 Å². The monoisotopic (exact) mass is 420 g/mol. The number of primary amides is 1. The van der Waals surface area contributed by atoms with Gasteiger partial charge in [0.15, 0.2) is 0 Å². The molecule has 0 saturated heterocycles. The Morgan fingerprint density at radius 2 is 1.28 bits per heavy atom. The zero-order chi connectivity index (χ0) is 22.5. The van der Waals surface area contributed by atoms with Gasteiger partial charge in [-0.3, -0.25) is 9.59 Å². The van der Waals surface area contributed by atoms with Gasteiger partial charge in [0.2, 0.25) is 11.8 Å². The number of carbonyl (C=O) groups is 2. The van der Waals surface area contributed by atoms with Gasteiger partial charge in [0.25, 0.3) is 0 Å². The average molecular weight is 421 g/mol. The summed E-state index contributed by atoms with van der Waals surface area (Å²) in [5, 5.41) is 2.90. The first-order valence-corrected chi connectivity index (χ1v) is 10.5. The highest BCUT2D eigenvalue weighted by Gasteiger charge is 2.17. The van der Waals surface area contributed by atoms with Gasteiger partial charge in [-0.2, -0.15) is 0 Å². The van der Waals surface area contributed by atoms with Crippen molar-refractivity contribution in [3.8, 4) is 22.3 Å². The molecule has 0 bridgehead atoms. The van der Waals surface area contributed by atoms with Gasteiger partial charge in [0.1, 0.15) is 0 Å². The van der Waals surface area contributed by atoms with Crippen molar-refractivity contribution < 1.29 is 9.59 Å². The number of rotatable bonds is 6. The number of amides is 2. The quantitative estimate of drug-likeness (QED) is 0.410. The lowest BCUT2D eigenvalue weighted by Crippen LogP contribution is -2.19. The molecule has 0 spiro atoms. The largest absolute Gasteiger partial charge is 0.366 e. The Bertz CT molecular complexity index is 1230. The van der Waals surface area contributed by atoms with E-state index in [9.17, 15) is 9.59 Å². The molecule has 0 radical (unpaired) electrons. The molecule has 2 amide bonds. The Morgan fingerprint density at radius 1 is 0.719 bits per heavy atom. The summed E-state index contributed by atoms with van der Waals surface area (Å²) in [6, 6.07) is 32.9. The van der Waals surface area contributed by atoms with E-state index in [1.807, 2.05) is 85.8 Å². The van der Waals surface area contributed by atoms with E-state index in [1.54, 1.807) is 12.1 Å². The fourth-order valence-electron chi connectivity index (χ4n) is 3.69. The van der Waals surface area contributed by atoms with E-state index in [0.29, 0.717) is 11.3 Å². The number of nitrogens with one attached hydrogen (secondary N) is 1. The summed E-state index contributed by atoms with van der Waals surface area (Å²) in [4.78, 5) is 24.9. The van der Waals surface area contributed by atoms with E-state index in [1.165, 1.54) is 0 Å². The number of hydrogen-bond acceptors (Lipinski definition) is 2. The Labute approximate surface area is 187 Å². The molecule has 4 aromatic carbocycles. The molecule has 4 nitrogen and oxygen atoms in total. The van der Waals surface area contributed by atoms with E-state index in [2.05, 4.69) is 17.4 Å². The summed E-state index contributed by atoms with van der Waals surface area (Å²) in [5.74, 6) is -1.01. The van der Waals surface area contributed by atoms with Crippen LogP contribution in [0.5, 0.6) is 0 Å². The van der Waals surface area contributed by atoms with Crippen molar-refractivity contribution in [2.75, 3.05) is 5.32 Å². The van der Waals surface area contributed by atoms with Crippen molar-refractivity contribution in [1.29, 1.82) is 0 Å². The normalized spacial score (nSPS) is 11.5. The minimum atomic E-state index is -0.542. The van der Waals surface area contributed by atoms with Crippen molar-refractivity contribution in [3.63, 3.8) is 0 Å². The third-order valence-electron chi connectivity index (χ3n) is 5.55. The molecule has 32 heavy (non-hydrogen) atoms. The highest BCUT2D eigenvalue weighted by atomic mass is 16.2. The van der Waals surface area contributed by atoms with E-state index >= 15 is 0 Å². The zero-order valence-corrected chi connectivity index (χ0v) is 17.8. The Morgan fingerprint density at radius 3 is 1.91 bits per heavy atom. The molecule has 0 aliphatic rings. The lowest BCUT2D eigenvalue weighted by Gasteiger charge is -2.15. The molecule has 0 aliphatic carbocycles. The molecule has 0 aliphatic heterocycles. The van der Waals surface area contributed by atoms with E-state index in [-0.39, 0.29) is 11.8 Å². The SMILES string of the molecule is CC(C(=O)Nc1ccc(-c2ccc(-c3ccccc3)cc2)c(C(N)=O)c1)c1ccccc1. The van der Waals surface area contributed by atoms with Crippen molar-refractivity contribution in [1.82, 2.24) is 0 Å². The van der Waals surface area contributed by atoms with Crippen molar-refractivity contribution >= 4 is 17.5 Å². The first kappa shape index (κ1) is 21.1. The molecule has 158 valence electrons. The van der Waals surface area contributed by atoms with Crippen LogP contribution in [0, 0.1) is 0 Å². The van der Waals surface area contributed by atoms with Crippen LogP contribution in [0.4, 0.5) is 5.69 Å². The maximum absolute atomic E-state index is 12.7. The van der Waals surface area contributed by atoms with Gasteiger partial charge >= 0.3 is 0 Å². The first-order valence-electron chi connectivity index (χ1n) is 10.5. The molecule has 4 aromatic rings. The minimum Gasteiger partial charge on any atom is -0.366 e. The van der Waals surface area contributed by atoms with Crippen LogP contribution < -0.4 is 11.1 Å². The molecular weight excluding hydrogens is 396 g/mol. The third kappa shape index (κ3) is 4.60. The van der Waals surface area contributed by atoms with Crippen LogP contribution in [0.2, 0.25) is 0 Å². The Balaban J connectivity index is 1.58. The first-order chi connectivity index (χ1) is 15.5.